The van der Waals surface area contributed by atoms with Crippen molar-refractivity contribution >= 4 is 0 Å². The van der Waals surface area contributed by atoms with Gasteiger partial charge in [-0.15, -0.1) is 0 Å². The Morgan fingerprint density at radius 3 is 2.62 bits per heavy atom. The molecule has 1 heterocycles. The van der Waals surface area contributed by atoms with E-state index in [4.69, 9.17) is 0 Å². The average Bonchev–Trinajstić information content (AvgIpc) is 2.10. The molecule has 4 atom stereocenters. The summed E-state index contributed by atoms with van der Waals surface area (Å²) >= 11 is 0. The van der Waals surface area contributed by atoms with Crippen molar-refractivity contribution in [2.75, 3.05) is 6.54 Å². The van der Waals surface area contributed by atoms with Gasteiger partial charge >= 0.3 is 0 Å². The van der Waals surface area contributed by atoms with Crippen LogP contribution in [0, 0.1) is 17.8 Å². The first kappa shape index (κ1) is 11.0. The van der Waals surface area contributed by atoms with Gasteiger partial charge in [0.05, 0.1) is 0 Å². The van der Waals surface area contributed by atoms with Crippen molar-refractivity contribution in [2.45, 2.75) is 53.0 Å². The fraction of sp³-hybridized carbons (Fsp3) is 1.00. The molecule has 13 heavy (non-hydrogen) atoms. The van der Waals surface area contributed by atoms with Crippen molar-refractivity contribution in [2.24, 2.45) is 17.8 Å². The van der Waals surface area contributed by atoms with Gasteiger partial charge in [0.1, 0.15) is 0 Å². The third-order valence-electron chi connectivity index (χ3n) is 3.78. The molecule has 0 radical (unpaired) electrons. The van der Waals surface area contributed by atoms with Crippen molar-refractivity contribution in [3.05, 3.63) is 0 Å². The van der Waals surface area contributed by atoms with Crippen molar-refractivity contribution in [3.63, 3.8) is 0 Å². The predicted octanol–water partition coefficient (Wildman–Crippen LogP) is 3.06. The molecule has 78 valence electrons. The molecule has 0 saturated carbocycles. The molecular weight excluding hydrogens is 158 g/mol. The Hall–Kier alpha value is -0.0400. The van der Waals surface area contributed by atoms with Gasteiger partial charge in [0.2, 0.25) is 0 Å². The molecule has 1 heteroatoms. The lowest BCUT2D eigenvalue weighted by Gasteiger charge is -2.36. The number of nitrogens with one attached hydrogen (secondary N) is 1. The summed E-state index contributed by atoms with van der Waals surface area (Å²) in [6.45, 7) is 10.6. The molecule has 0 aromatic rings. The lowest BCUT2D eigenvalue weighted by atomic mass is 9.79. The van der Waals surface area contributed by atoms with E-state index in [1.165, 1.54) is 25.8 Å². The minimum absolute atomic E-state index is 0.727. The highest BCUT2D eigenvalue weighted by molar-refractivity contribution is 4.82. The maximum Gasteiger partial charge on any atom is 0.00645 e. The summed E-state index contributed by atoms with van der Waals surface area (Å²) in [6, 6.07) is 0.727. The molecule has 1 aliphatic rings. The van der Waals surface area contributed by atoms with Crippen molar-refractivity contribution < 1.29 is 0 Å². The van der Waals surface area contributed by atoms with E-state index in [1.807, 2.05) is 0 Å². The monoisotopic (exact) mass is 183 g/mol. The molecule has 1 nitrogen and oxygen atoms in total. The lowest BCUT2D eigenvalue weighted by Crippen LogP contribution is -2.44. The first-order valence-electron chi connectivity index (χ1n) is 5.88. The molecule has 0 aromatic heterocycles. The summed E-state index contributed by atoms with van der Waals surface area (Å²) in [5.41, 5.74) is 0. The van der Waals surface area contributed by atoms with Crippen molar-refractivity contribution in [3.8, 4) is 0 Å². The second kappa shape index (κ2) is 4.99. The summed E-state index contributed by atoms with van der Waals surface area (Å²) in [6.07, 6.45) is 4.16. The van der Waals surface area contributed by atoms with Crippen LogP contribution in [-0.4, -0.2) is 12.6 Å². The van der Waals surface area contributed by atoms with Crippen LogP contribution in [0.4, 0.5) is 0 Å². The summed E-state index contributed by atoms with van der Waals surface area (Å²) < 4.78 is 0. The predicted molar refractivity (Wildman–Crippen MR) is 58.8 cm³/mol. The second-order valence-corrected chi connectivity index (χ2v) is 4.94. The first-order valence-corrected chi connectivity index (χ1v) is 5.88. The Morgan fingerprint density at radius 1 is 1.38 bits per heavy atom. The fourth-order valence-electron chi connectivity index (χ4n) is 2.43. The zero-order valence-electron chi connectivity index (χ0n) is 9.64. The van der Waals surface area contributed by atoms with Gasteiger partial charge in [-0.25, -0.2) is 0 Å². The van der Waals surface area contributed by atoms with Gasteiger partial charge in [-0.1, -0.05) is 33.6 Å². The minimum Gasteiger partial charge on any atom is -0.314 e. The topological polar surface area (TPSA) is 12.0 Å². The molecular formula is C12H25N. The largest absolute Gasteiger partial charge is 0.314 e. The normalized spacial score (nSPS) is 37.4. The van der Waals surface area contributed by atoms with Crippen LogP contribution in [0.2, 0.25) is 0 Å². The Bertz CT molecular complexity index is 144. The maximum atomic E-state index is 3.62. The van der Waals surface area contributed by atoms with Gasteiger partial charge in [0.25, 0.3) is 0 Å². The zero-order chi connectivity index (χ0) is 9.84. The number of piperidine rings is 1. The summed E-state index contributed by atoms with van der Waals surface area (Å²) in [4.78, 5) is 0. The van der Waals surface area contributed by atoms with Gasteiger partial charge in [-0.05, 0) is 37.6 Å². The molecule has 1 aliphatic heterocycles. The van der Waals surface area contributed by atoms with E-state index in [-0.39, 0.29) is 0 Å². The van der Waals surface area contributed by atoms with E-state index in [0.29, 0.717) is 0 Å². The standard InChI is InChI=1S/C12H25N/c1-5-6-9(2)12-7-10(3)11(4)13-8-12/h9-13H,5-8H2,1-4H3/t9-,10?,11?,12?/m0/s1. The number of hydrogen-bond donors (Lipinski definition) is 1. The third kappa shape index (κ3) is 2.98. The Labute approximate surface area is 83.3 Å². The van der Waals surface area contributed by atoms with Crippen LogP contribution >= 0.6 is 0 Å². The lowest BCUT2D eigenvalue weighted by molar-refractivity contribution is 0.187. The molecule has 0 aliphatic carbocycles. The van der Waals surface area contributed by atoms with Crippen LogP contribution < -0.4 is 5.32 Å². The third-order valence-corrected chi connectivity index (χ3v) is 3.78. The smallest absolute Gasteiger partial charge is 0.00645 e. The summed E-state index contributed by atoms with van der Waals surface area (Å²) in [5.74, 6) is 2.69. The maximum absolute atomic E-state index is 3.62. The average molecular weight is 183 g/mol. The molecule has 0 amide bonds. The number of rotatable bonds is 3. The molecule has 1 fully saturated rings. The van der Waals surface area contributed by atoms with Crippen LogP contribution in [0.5, 0.6) is 0 Å². The van der Waals surface area contributed by atoms with Gasteiger partial charge in [0, 0.05) is 6.04 Å². The van der Waals surface area contributed by atoms with Crippen LogP contribution in [0.1, 0.15) is 47.0 Å². The summed E-state index contributed by atoms with van der Waals surface area (Å²) in [7, 11) is 0. The van der Waals surface area contributed by atoms with E-state index < -0.39 is 0 Å². The van der Waals surface area contributed by atoms with Crippen LogP contribution in [0.25, 0.3) is 0 Å². The van der Waals surface area contributed by atoms with Gasteiger partial charge in [-0.3, -0.25) is 0 Å². The fourth-order valence-corrected chi connectivity index (χ4v) is 2.43. The SMILES string of the molecule is CCC[C@H](C)C1CNC(C)C(C)C1. The highest BCUT2D eigenvalue weighted by Crippen LogP contribution is 2.28. The number of hydrogen-bond acceptors (Lipinski definition) is 1. The molecule has 3 unspecified atom stereocenters. The van der Waals surface area contributed by atoms with E-state index in [0.717, 1.165) is 23.8 Å². The highest BCUT2D eigenvalue weighted by atomic mass is 14.9. The van der Waals surface area contributed by atoms with Crippen molar-refractivity contribution in [1.82, 2.24) is 5.32 Å². The quantitative estimate of drug-likeness (QED) is 0.709. The van der Waals surface area contributed by atoms with Gasteiger partial charge < -0.3 is 5.32 Å². The van der Waals surface area contributed by atoms with Crippen LogP contribution in [-0.2, 0) is 0 Å². The molecule has 0 bridgehead atoms. The van der Waals surface area contributed by atoms with Gasteiger partial charge in [-0.2, -0.15) is 0 Å². The molecule has 1 saturated heterocycles. The molecule has 0 aromatic carbocycles. The second-order valence-electron chi connectivity index (χ2n) is 4.94. The van der Waals surface area contributed by atoms with Crippen LogP contribution in [0.3, 0.4) is 0 Å². The van der Waals surface area contributed by atoms with Gasteiger partial charge in [0.15, 0.2) is 0 Å². The Balaban J connectivity index is 2.36. The van der Waals surface area contributed by atoms with E-state index in [2.05, 4.69) is 33.0 Å². The van der Waals surface area contributed by atoms with Crippen LogP contribution in [0.15, 0.2) is 0 Å². The van der Waals surface area contributed by atoms with E-state index in [1.54, 1.807) is 0 Å². The van der Waals surface area contributed by atoms with Crippen molar-refractivity contribution in [1.29, 1.82) is 0 Å². The molecule has 0 spiro atoms. The molecule has 1 rings (SSSR count). The van der Waals surface area contributed by atoms with E-state index >= 15 is 0 Å². The Morgan fingerprint density at radius 2 is 2.08 bits per heavy atom. The van der Waals surface area contributed by atoms with E-state index in [9.17, 15) is 0 Å². The zero-order valence-corrected chi connectivity index (χ0v) is 9.64. The Kier molecular flexibility index (Phi) is 4.24. The first-order chi connectivity index (χ1) is 6.15. The molecule has 1 N–H and O–H groups in total. The highest BCUT2D eigenvalue weighted by Gasteiger charge is 2.26. The summed E-state index contributed by atoms with van der Waals surface area (Å²) in [5, 5.41) is 3.62. The minimum atomic E-state index is 0.727.